The van der Waals surface area contributed by atoms with Crippen molar-refractivity contribution in [3.63, 3.8) is 0 Å². The Kier molecular flexibility index (Phi) is 10.9. The van der Waals surface area contributed by atoms with Gasteiger partial charge in [0.05, 0.1) is 0 Å². The number of halogens is 1. The van der Waals surface area contributed by atoms with Crippen LogP contribution < -0.4 is 10.6 Å². The molecule has 1 aliphatic rings. The predicted molar refractivity (Wildman–Crippen MR) is 110 cm³/mol. The Morgan fingerprint density at radius 3 is 2.39 bits per heavy atom. The van der Waals surface area contributed by atoms with Crippen molar-refractivity contribution < 1.29 is 8.95 Å². The highest BCUT2D eigenvalue weighted by Crippen LogP contribution is 2.43. The normalized spacial score (nSPS) is 18.6. The van der Waals surface area contributed by atoms with E-state index in [0.717, 1.165) is 25.5 Å². The van der Waals surface area contributed by atoms with Gasteiger partial charge in [0.15, 0.2) is 5.96 Å². The molecule has 23 heavy (non-hydrogen) atoms. The maximum Gasteiger partial charge on any atom is 0.191 e. The molecule has 7 heteroatoms. The summed E-state index contributed by atoms with van der Waals surface area (Å²) in [7, 11) is 2.70. The monoisotopic (exact) mass is 459 g/mol. The van der Waals surface area contributed by atoms with Gasteiger partial charge < -0.3 is 15.4 Å². The second kappa shape index (κ2) is 10.9. The average molecular weight is 459 g/mol. The molecule has 0 aromatic rings. The van der Waals surface area contributed by atoms with Crippen LogP contribution in [0.25, 0.3) is 0 Å². The fraction of sp³-hybridized carbons (Fsp3) is 0.938. The van der Waals surface area contributed by atoms with E-state index in [2.05, 4.69) is 15.6 Å². The van der Waals surface area contributed by atoms with E-state index in [-0.39, 0.29) is 28.7 Å². The molecule has 0 amide bonds. The molecule has 1 atom stereocenters. The van der Waals surface area contributed by atoms with Crippen molar-refractivity contribution in [3.05, 3.63) is 0 Å². The molecule has 0 aromatic carbocycles. The van der Waals surface area contributed by atoms with Gasteiger partial charge in [0.2, 0.25) is 0 Å². The number of hydrogen-bond acceptors (Lipinski definition) is 3. The molecule has 138 valence electrons. The molecule has 0 aromatic heterocycles. The van der Waals surface area contributed by atoms with Crippen LogP contribution in [0.1, 0.15) is 46.5 Å². The van der Waals surface area contributed by atoms with E-state index in [9.17, 15) is 4.21 Å². The third-order valence-electron chi connectivity index (χ3n) is 4.37. The molecular formula is C16H34IN3O2S. The third kappa shape index (κ3) is 8.16. The van der Waals surface area contributed by atoms with Crippen LogP contribution in [0.3, 0.4) is 0 Å². The highest BCUT2D eigenvalue weighted by Gasteiger charge is 2.36. The van der Waals surface area contributed by atoms with Gasteiger partial charge in [-0.3, -0.25) is 9.20 Å². The van der Waals surface area contributed by atoms with Crippen LogP contribution in [-0.4, -0.2) is 54.5 Å². The van der Waals surface area contributed by atoms with E-state index in [1.165, 1.54) is 19.3 Å². The lowest BCUT2D eigenvalue weighted by Crippen LogP contribution is -2.47. The Labute approximate surface area is 161 Å². The summed E-state index contributed by atoms with van der Waals surface area (Å²) >= 11 is 0. The molecule has 2 N–H and O–H groups in total. The number of nitrogens with zero attached hydrogens (tertiary/aromatic N) is 1. The number of methoxy groups -OCH3 is 1. The summed E-state index contributed by atoms with van der Waals surface area (Å²) in [6, 6.07) is 0. The summed E-state index contributed by atoms with van der Waals surface area (Å²) in [5, 5.41) is 6.68. The van der Waals surface area contributed by atoms with Crippen molar-refractivity contribution in [3.8, 4) is 0 Å². The smallest absolute Gasteiger partial charge is 0.191 e. The van der Waals surface area contributed by atoms with Crippen molar-refractivity contribution in [2.75, 3.05) is 39.6 Å². The lowest BCUT2D eigenvalue weighted by molar-refractivity contribution is 0.0733. The van der Waals surface area contributed by atoms with E-state index < -0.39 is 10.8 Å². The lowest BCUT2D eigenvalue weighted by atomic mass is 9.67. The average Bonchev–Trinajstić information content (AvgIpc) is 2.42. The quantitative estimate of drug-likeness (QED) is 0.333. The zero-order valence-electron chi connectivity index (χ0n) is 15.2. The van der Waals surface area contributed by atoms with Crippen LogP contribution >= 0.6 is 24.0 Å². The summed E-state index contributed by atoms with van der Waals surface area (Å²) < 4.78 is 17.1. The Balaban J connectivity index is 0.00000484. The zero-order chi connectivity index (χ0) is 16.6. The molecule has 1 aliphatic carbocycles. The third-order valence-corrected chi connectivity index (χ3v) is 6.31. The van der Waals surface area contributed by atoms with Crippen molar-refractivity contribution in [2.24, 2.45) is 10.4 Å². The summed E-state index contributed by atoms with van der Waals surface area (Å²) in [4.78, 5) is 4.25. The van der Waals surface area contributed by atoms with Crippen LogP contribution in [0.2, 0.25) is 0 Å². The fourth-order valence-corrected chi connectivity index (χ4v) is 3.47. The first-order chi connectivity index (χ1) is 10.3. The van der Waals surface area contributed by atoms with E-state index in [0.29, 0.717) is 17.7 Å². The second-order valence-electron chi connectivity index (χ2n) is 7.11. The number of hydrogen-bond donors (Lipinski definition) is 2. The zero-order valence-corrected chi connectivity index (χ0v) is 18.4. The molecule has 1 saturated carbocycles. The van der Waals surface area contributed by atoms with Crippen molar-refractivity contribution in [1.29, 1.82) is 0 Å². The van der Waals surface area contributed by atoms with Crippen molar-refractivity contribution >= 4 is 40.7 Å². The molecule has 0 spiro atoms. The summed E-state index contributed by atoms with van der Waals surface area (Å²) in [6.07, 6.45) is 4.92. The molecule has 0 heterocycles. The minimum absolute atomic E-state index is 0. The molecule has 0 radical (unpaired) electrons. The summed E-state index contributed by atoms with van der Waals surface area (Å²) in [5.74, 6) is 1.44. The Morgan fingerprint density at radius 2 is 1.96 bits per heavy atom. The van der Waals surface area contributed by atoms with Crippen LogP contribution in [0.15, 0.2) is 4.99 Å². The van der Waals surface area contributed by atoms with Crippen molar-refractivity contribution in [1.82, 2.24) is 10.6 Å². The van der Waals surface area contributed by atoms with E-state index in [1.54, 1.807) is 14.2 Å². The van der Waals surface area contributed by atoms with Crippen LogP contribution in [0, 0.1) is 5.41 Å². The van der Waals surface area contributed by atoms with E-state index >= 15 is 0 Å². The van der Waals surface area contributed by atoms with Gasteiger partial charge in [-0.05, 0) is 45.4 Å². The minimum atomic E-state index is -0.833. The highest BCUT2D eigenvalue weighted by atomic mass is 127. The predicted octanol–water partition coefficient (Wildman–Crippen LogP) is 2.52. The Bertz CT molecular complexity index is 393. The Morgan fingerprint density at radius 1 is 1.30 bits per heavy atom. The number of aliphatic imine (C=N–C) groups is 1. The van der Waals surface area contributed by atoms with E-state index in [4.69, 9.17) is 4.74 Å². The standard InChI is InChI=1S/C16H33N3O2S.HI/c1-15(2,3)22(20)12-10-18-14(17-4)19-13-16(7-6-8-16)9-11-21-5;/h6-13H2,1-5H3,(H2,17,18,19);1H. The van der Waals surface area contributed by atoms with Gasteiger partial charge in [0, 0.05) is 55.2 Å². The van der Waals surface area contributed by atoms with Gasteiger partial charge in [-0.2, -0.15) is 0 Å². The molecule has 1 rings (SSSR count). The van der Waals surface area contributed by atoms with Crippen molar-refractivity contribution in [2.45, 2.75) is 51.2 Å². The molecular weight excluding hydrogens is 425 g/mol. The van der Waals surface area contributed by atoms with Gasteiger partial charge in [-0.1, -0.05) is 6.42 Å². The Hall–Kier alpha value is 0.110. The highest BCUT2D eigenvalue weighted by molar-refractivity contribution is 14.0. The molecule has 1 fully saturated rings. The fourth-order valence-electron chi connectivity index (χ4n) is 2.57. The number of ether oxygens (including phenoxy) is 1. The molecule has 1 unspecified atom stereocenters. The molecule has 0 saturated heterocycles. The van der Waals surface area contributed by atoms with E-state index in [1.807, 2.05) is 20.8 Å². The van der Waals surface area contributed by atoms with Gasteiger partial charge >= 0.3 is 0 Å². The van der Waals surface area contributed by atoms with Crippen LogP contribution in [-0.2, 0) is 15.5 Å². The maximum atomic E-state index is 12.0. The molecule has 0 aliphatic heterocycles. The maximum absolute atomic E-state index is 12.0. The lowest BCUT2D eigenvalue weighted by Gasteiger charge is -2.42. The van der Waals surface area contributed by atoms with Crippen LogP contribution in [0.4, 0.5) is 0 Å². The summed E-state index contributed by atoms with van der Waals surface area (Å²) in [6.45, 7) is 8.44. The van der Waals surface area contributed by atoms with Gasteiger partial charge in [0.1, 0.15) is 0 Å². The number of rotatable bonds is 8. The van der Waals surface area contributed by atoms with Gasteiger partial charge in [0.25, 0.3) is 0 Å². The minimum Gasteiger partial charge on any atom is -0.385 e. The van der Waals surface area contributed by atoms with Gasteiger partial charge in [-0.15, -0.1) is 24.0 Å². The molecule has 0 bridgehead atoms. The molecule has 5 nitrogen and oxygen atoms in total. The topological polar surface area (TPSA) is 62.7 Å². The first kappa shape index (κ1) is 23.1. The first-order valence-corrected chi connectivity index (χ1v) is 9.47. The SMILES string of the molecule is CN=C(NCCS(=O)C(C)(C)C)NCC1(CCOC)CCC1.I. The summed E-state index contributed by atoms with van der Waals surface area (Å²) in [5.41, 5.74) is 0.363. The number of guanidine groups is 1. The largest absolute Gasteiger partial charge is 0.385 e. The van der Waals surface area contributed by atoms with Gasteiger partial charge in [-0.25, -0.2) is 0 Å². The number of nitrogens with one attached hydrogen (secondary N) is 2. The second-order valence-corrected chi connectivity index (χ2v) is 9.43. The first-order valence-electron chi connectivity index (χ1n) is 8.15. The van der Waals surface area contributed by atoms with Crippen LogP contribution in [0.5, 0.6) is 0 Å².